The number of fused-ring (bicyclic) bond motifs is 1. The van der Waals surface area contributed by atoms with E-state index in [1.807, 2.05) is 31.2 Å². The van der Waals surface area contributed by atoms with Crippen molar-refractivity contribution in [1.82, 2.24) is 0 Å². The van der Waals surface area contributed by atoms with Crippen LogP contribution in [-0.2, 0) is 9.37 Å². The Morgan fingerprint density at radius 2 is 1.36 bits per heavy atom. The van der Waals surface area contributed by atoms with Gasteiger partial charge in [0.15, 0.2) is 5.75 Å². The van der Waals surface area contributed by atoms with Crippen molar-refractivity contribution < 1.29 is 19.7 Å². The van der Waals surface area contributed by atoms with Crippen molar-refractivity contribution in [2.45, 2.75) is 11.8 Å². The van der Waals surface area contributed by atoms with E-state index >= 15 is 0 Å². The number of aromatic hydroxyl groups is 1. The van der Waals surface area contributed by atoms with Crippen LogP contribution >= 0.6 is 12.0 Å². The van der Waals surface area contributed by atoms with Crippen molar-refractivity contribution in [2.75, 3.05) is 5.73 Å². The van der Waals surface area contributed by atoms with Crippen LogP contribution < -0.4 is 5.73 Å². The highest BCUT2D eigenvalue weighted by atomic mass is 32.2. The first-order valence-corrected chi connectivity index (χ1v) is 10.5. The smallest absolute Gasteiger partial charge is 0.152 e. The molecule has 0 spiro atoms. The molecule has 0 saturated heterocycles. The average Bonchev–Trinajstić information content (AvgIpc) is 2.82. The van der Waals surface area contributed by atoms with Gasteiger partial charge in [-0.15, -0.1) is 9.45 Å². The Bertz CT molecular complexity index is 1330. The summed E-state index contributed by atoms with van der Waals surface area (Å²) >= 11 is 0.671. The zero-order valence-corrected chi connectivity index (χ0v) is 18.2. The number of nitrogens with two attached hydrogens (primary N) is 1. The number of phenols is 1. The van der Waals surface area contributed by atoms with Gasteiger partial charge >= 0.3 is 0 Å². The Morgan fingerprint density at radius 1 is 0.788 bits per heavy atom. The summed E-state index contributed by atoms with van der Waals surface area (Å²) in [4.78, 5) is 0.368. The fourth-order valence-corrected chi connectivity index (χ4v) is 3.50. The molecular formula is C23H19N5O4S. The summed E-state index contributed by atoms with van der Waals surface area (Å²) in [5.74, 6) is -0.108. The lowest BCUT2D eigenvalue weighted by Crippen LogP contribution is -1.86. The monoisotopic (exact) mass is 461 g/mol. The van der Waals surface area contributed by atoms with Crippen molar-refractivity contribution >= 4 is 51.3 Å². The van der Waals surface area contributed by atoms with Crippen LogP contribution in [0.4, 0.5) is 28.4 Å². The van der Waals surface area contributed by atoms with Gasteiger partial charge in [0.2, 0.25) is 0 Å². The number of nitrogens with zero attached hydrogens (tertiary/aromatic N) is 4. The summed E-state index contributed by atoms with van der Waals surface area (Å²) in [6.07, 6.45) is 0. The van der Waals surface area contributed by atoms with Gasteiger partial charge in [-0.3, -0.25) is 0 Å². The van der Waals surface area contributed by atoms with Gasteiger partial charge in [0.1, 0.15) is 5.69 Å². The van der Waals surface area contributed by atoms with Crippen molar-refractivity contribution in [2.24, 2.45) is 20.5 Å². The Hall–Kier alpha value is -3.83. The van der Waals surface area contributed by atoms with Gasteiger partial charge in [-0.2, -0.15) is 15.3 Å². The van der Waals surface area contributed by atoms with Crippen LogP contribution in [0, 0.1) is 6.92 Å². The van der Waals surface area contributed by atoms with Crippen LogP contribution in [0.15, 0.2) is 98.1 Å². The minimum absolute atomic E-state index is 0.108. The number of anilines is 1. The third-order valence-corrected chi connectivity index (χ3v) is 5.28. The molecule has 0 atom stereocenters. The number of aryl methyl sites for hydroxylation is 1. The van der Waals surface area contributed by atoms with Crippen molar-refractivity contribution in [3.05, 3.63) is 78.4 Å². The molecule has 33 heavy (non-hydrogen) atoms. The highest BCUT2D eigenvalue weighted by Gasteiger charge is 2.15. The highest BCUT2D eigenvalue weighted by Crippen LogP contribution is 2.44. The fraction of sp³-hybridized carbons (Fsp3) is 0.0435. The van der Waals surface area contributed by atoms with E-state index in [-0.39, 0.29) is 11.4 Å². The van der Waals surface area contributed by atoms with Gasteiger partial charge in [0, 0.05) is 11.1 Å². The second-order valence-electron chi connectivity index (χ2n) is 7.03. The first-order chi connectivity index (χ1) is 16.0. The molecule has 0 aliphatic rings. The van der Waals surface area contributed by atoms with Crippen LogP contribution in [0.3, 0.4) is 0 Å². The number of rotatable bonds is 7. The average molecular weight is 462 g/mol. The Labute approximate surface area is 193 Å². The molecular weight excluding hydrogens is 442 g/mol. The molecule has 0 aliphatic carbocycles. The van der Waals surface area contributed by atoms with E-state index in [0.29, 0.717) is 44.8 Å². The topological polar surface area (TPSA) is 134 Å². The maximum atomic E-state index is 10.7. The number of hydrogen-bond acceptors (Lipinski definition) is 10. The van der Waals surface area contributed by atoms with Gasteiger partial charge in [-0.25, -0.2) is 5.26 Å². The lowest BCUT2D eigenvalue weighted by Gasteiger charge is -2.09. The third kappa shape index (κ3) is 5.51. The lowest BCUT2D eigenvalue weighted by atomic mass is 10.1. The molecule has 0 aliphatic heterocycles. The zero-order chi connectivity index (χ0) is 23.2. The normalized spacial score (nSPS) is 11.7. The fourth-order valence-electron chi connectivity index (χ4n) is 3.00. The van der Waals surface area contributed by atoms with E-state index in [1.54, 1.807) is 48.5 Å². The SMILES string of the molecule is Cc1ccc(N=Nc2ccc(N=Nc3c(SOOO)cc4cc(N)ccc4c3O)cc2)cc1. The van der Waals surface area contributed by atoms with E-state index in [2.05, 4.69) is 29.8 Å². The Balaban J connectivity index is 1.58. The van der Waals surface area contributed by atoms with Crippen LogP contribution in [0.5, 0.6) is 5.75 Å². The van der Waals surface area contributed by atoms with Crippen molar-refractivity contribution in [3.63, 3.8) is 0 Å². The number of phenolic OH excluding ortho intramolecular Hbond substituents is 1. The molecule has 4 aromatic carbocycles. The summed E-state index contributed by atoms with van der Waals surface area (Å²) in [5.41, 5.74) is 9.62. The first-order valence-electron chi connectivity index (χ1n) is 9.73. The minimum Gasteiger partial charge on any atom is -0.505 e. The summed E-state index contributed by atoms with van der Waals surface area (Å²) in [5, 5.41) is 40.9. The molecule has 0 unspecified atom stereocenters. The highest BCUT2D eigenvalue weighted by molar-refractivity contribution is 7.94. The van der Waals surface area contributed by atoms with Crippen LogP contribution in [-0.4, -0.2) is 10.4 Å². The number of azo groups is 2. The summed E-state index contributed by atoms with van der Waals surface area (Å²) < 4.78 is 4.54. The van der Waals surface area contributed by atoms with Gasteiger partial charge in [-0.05, 0) is 73.0 Å². The molecule has 9 nitrogen and oxygen atoms in total. The summed E-state index contributed by atoms with van der Waals surface area (Å²) in [6, 6.07) is 21.5. The summed E-state index contributed by atoms with van der Waals surface area (Å²) in [7, 11) is 0. The Morgan fingerprint density at radius 3 is 1.97 bits per heavy atom. The molecule has 10 heteroatoms. The standard InChI is InChI=1S/C23H19N5O4S/c1-14-2-5-17(6-3-14)25-26-18-7-9-19(10-8-18)27-28-22-21(33-32-31-30)13-15-12-16(24)4-11-20(15)23(22)29/h2-13,29-30H,24H2,1H3. The molecule has 4 rings (SSSR count). The molecule has 0 radical (unpaired) electrons. The van der Waals surface area contributed by atoms with E-state index in [1.165, 1.54) is 0 Å². The van der Waals surface area contributed by atoms with E-state index in [9.17, 15) is 5.11 Å². The molecule has 4 N–H and O–H groups in total. The first kappa shape index (κ1) is 22.4. The Kier molecular flexibility index (Phi) is 6.91. The predicted molar refractivity (Wildman–Crippen MR) is 127 cm³/mol. The van der Waals surface area contributed by atoms with E-state index in [0.717, 1.165) is 11.3 Å². The molecule has 166 valence electrons. The van der Waals surface area contributed by atoms with Crippen LogP contribution in [0.1, 0.15) is 5.56 Å². The molecule has 4 aromatic rings. The largest absolute Gasteiger partial charge is 0.505 e. The lowest BCUT2D eigenvalue weighted by molar-refractivity contribution is -0.432. The van der Waals surface area contributed by atoms with Crippen molar-refractivity contribution in [1.29, 1.82) is 0 Å². The van der Waals surface area contributed by atoms with Gasteiger partial charge in [0.25, 0.3) is 0 Å². The van der Waals surface area contributed by atoms with E-state index < -0.39 is 0 Å². The van der Waals surface area contributed by atoms with E-state index in [4.69, 9.17) is 11.0 Å². The third-order valence-electron chi connectivity index (χ3n) is 4.66. The van der Waals surface area contributed by atoms with Gasteiger partial charge < -0.3 is 10.8 Å². The maximum absolute atomic E-state index is 10.7. The van der Waals surface area contributed by atoms with Crippen LogP contribution in [0.25, 0.3) is 10.8 Å². The molecule has 0 aromatic heterocycles. The number of benzene rings is 4. The molecule has 0 saturated carbocycles. The number of nitrogen functional groups attached to an aromatic ring is 1. The van der Waals surface area contributed by atoms with Crippen LogP contribution in [0.2, 0.25) is 0 Å². The van der Waals surface area contributed by atoms with Gasteiger partial charge in [0.05, 0.1) is 34.0 Å². The summed E-state index contributed by atoms with van der Waals surface area (Å²) in [6.45, 7) is 2.01. The second-order valence-corrected chi connectivity index (χ2v) is 7.77. The zero-order valence-electron chi connectivity index (χ0n) is 17.4. The molecule has 0 heterocycles. The van der Waals surface area contributed by atoms with Crippen molar-refractivity contribution in [3.8, 4) is 5.75 Å². The maximum Gasteiger partial charge on any atom is 0.152 e. The minimum atomic E-state index is -0.108. The quantitative estimate of drug-likeness (QED) is 0.0848. The molecule has 0 fully saturated rings. The van der Waals surface area contributed by atoms with Gasteiger partial charge in [-0.1, -0.05) is 22.7 Å². The predicted octanol–water partition coefficient (Wildman–Crippen LogP) is 7.70. The second kappa shape index (κ2) is 10.2. The molecule has 0 bridgehead atoms. The number of hydrogen-bond donors (Lipinski definition) is 3. The molecule has 0 amide bonds.